The van der Waals surface area contributed by atoms with Crippen LogP contribution in [0.4, 0.5) is 5.69 Å². The topological polar surface area (TPSA) is 85.6 Å². The summed E-state index contributed by atoms with van der Waals surface area (Å²) < 4.78 is 32.6. The van der Waals surface area contributed by atoms with Crippen molar-refractivity contribution in [2.75, 3.05) is 11.6 Å². The molecule has 0 unspecified atom stereocenters. The SMILES string of the molecule is O=S(=O)(O)N1C=C2N=NCN2c2ccccc2C1. The van der Waals surface area contributed by atoms with Crippen LogP contribution in [0.3, 0.4) is 0 Å². The number of nitrogens with zero attached hydrogens (tertiary/aromatic N) is 4. The van der Waals surface area contributed by atoms with Gasteiger partial charge in [-0.25, -0.2) is 4.31 Å². The van der Waals surface area contributed by atoms with Crippen molar-refractivity contribution in [3.63, 3.8) is 0 Å². The smallest absolute Gasteiger partial charge is 0.301 e. The van der Waals surface area contributed by atoms with E-state index in [0.29, 0.717) is 12.5 Å². The monoisotopic (exact) mass is 266 g/mol. The van der Waals surface area contributed by atoms with Crippen molar-refractivity contribution in [1.82, 2.24) is 4.31 Å². The van der Waals surface area contributed by atoms with Gasteiger partial charge in [-0.1, -0.05) is 18.2 Å². The molecular formula is C10H10N4O3S. The molecule has 8 heteroatoms. The third kappa shape index (κ3) is 1.75. The molecule has 2 heterocycles. The molecule has 0 spiro atoms. The lowest BCUT2D eigenvalue weighted by Gasteiger charge is -2.17. The van der Waals surface area contributed by atoms with Gasteiger partial charge >= 0.3 is 10.3 Å². The fraction of sp³-hybridized carbons (Fsp3) is 0.200. The van der Waals surface area contributed by atoms with Crippen LogP contribution in [0, 0.1) is 0 Å². The summed E-state index contributed by atoms with van der Waals surface area (Å²) in [4.78, 5) is 1.79. The number of para-hydroxylation sites is 1. The lowest BCUT2D eigenvalue weighted by Crippen LogP contribution is -2.24. The van der Waals surface area contributed by atoms with Crippen molar-refractivity contribution >= 4 is 16.0 Å². The lowest BCUT2D eigenvalue weighted by molar-refractivity contribution is 0.402. The summed E-state index contributed by atoms with van der Waals surface area (Å²) in [6.45, 7) is 0.423. The van der Waals surface area contributed by atoms with Crippen molar-refractivity contribution in [2.45, 2.75) is 6.54 Å². The van der Waals surface area contributed by atoms with E-state index in [9.17, 15) is 13.0 Å². The Morgan fingerprint density at radius 1 is 1.28 bits per heavy atom. The maximum absolute atomic E-state index is 11.3. The Bertz CT molecular complexity index is 653. The fourth-order valence-corrected chi connectivity index (χ4v) is 2.52. The summed E-state index contributed by atoms with van der Waals surface area (Å²) in [6, 6.07) is 7.35. The Morgan fingerprint density at radius 2 is 2.06 bits per heavy atom. The molecule has 3 rings (SSSR count). The molecule has 0 atom stereocenters. The van der Waals surface area contributed by atoms with Crippen molar-refractivity contribution in [1.29, 1.82) is 0 Å². The van der Waals surface area contributed by atoms with Crippen LogP contribution in [0.5, 0.6) is 0 Å². The van der Waals surface area contributed by atoms with Crippen molar-refractivity contribution in [3.8, 4) is 0 Å². The molecule has 0 aliphatic carbocycles. The van der Waals surface area contributed by atoms with E-state index in [1.807, 2.05) is 24.3 Å². The highest BCUT2D eigenvalue weighted by Crippen LogP contribution is 2.32. The van der Waals surface area contributed by atoms with Gasteiger partial charge in [0.1, 0.15) is 6.67 Å². The number of rotatable bonds is 1. The number of hydrogen-bond acceptors (Lipinski definition) is 5. The summed E-state index contributed by atoms with van der Waals surface area (Å²) in [6.07, 6.45) is 1.28. The predicted octanol–water partition coefficient (Wildman–Crippen LogP) is 1.33. The quantitative estimate of drug-likeness (QED) is 0.777. The average Bonchev–Trinajstić information content (AvgIpc) is 2.70. The summed E-state index contributed by atoms with van der Waals surface area (Å²) in [5, 5.41) is 7.74. The standard InChI is InChI=1S/C10H10N4O3S/c15-18(16,17)13-5-8-3-1-2-4-9(8)14-7-11-12-10(14)6-13/h1-4,6H,5,7H2,(H,15,16,17). The molecule has 18 heavy (non-hydrogen) atoms. The third-order valence-electron chi connectivity index (χ3n) is 2.82. The highest BCUT2D eigenvalue weighted by atomic mass is 32.2. The molecule has 0 bridgehead atoms. The Labute approximate surface area is 104 Å². The Kier molecular flexibility index (Phi) is 2.35. The number of anilines is 1. The number of fused-ring (bicyclic) bond motifs is 3. The number of azo groups is 1. The molecule has 1 aromatic rings. The zero-order valence-electron chi connectivity index (χ0n) is 9.26. The first-order chi connectivity index (χ1) is 8.55. The minimum absolute atomic E-state index is 0.0739. The molecule has 1 aromatic carbocycles. The van der Waals surface area contributed by atoms with E-state index >= 15 is 0 Å². The molecule has 0 saturated heterocycles. The van der Waals surface area contributed by atoms with E-state index in [-0.39, 0.29) is 6.54 Å². The number of hydrogen-bond donors (Lipinski definition) is 1. The van der Waals surface area contributed by atoms with Crippen LogP contribution in [0.2, 0.25) is 0 Å². The summed E-state index contributed by atoms with van der Waals surface area (Å²) >= 11 is 0. The van der Waals surface area contributed by atoms with Crippen molar-refractivity contribution < 1.29 is 13.0 Å². The second kappa shape index (κ2) is 3.79. The second-order valence-electron chi connectivity index (χ2n) is 3.95. The highest BCUT2D eigenvalue weighted by molar-refractivity contribution is 7.83. The molecular weight excluding hydrogens is 256 g/mol. The van der Waals surface area contributed by atoms with Gasteiger partial charge in [-0.15, -0.1) is 5.11 Å². The van der Waals surface area contributed by atoms with E-state index < -0.39 is 10.3 Å². The summed E-state index contributed by atoms with van der Waals surface area (Å²) in [7, 11) is -4.30. The minimum Gasteiger partial charge on any atom is -0.301 e. The molecule has 1 N–H and O–H groups in total. The predicted molar refractivity (Wildman–Crippen MR) is 63.8 cm³/mol. The van der Waals surface area contributed by atoms with Crippen LogP contribution in [0.1, 0.15) is 5.56 Å². The van der Waals surface area contributed by atoms with Crippen LogP contribution >= 0.6 is 0 Å². The van der Waals surface area contributed by atoms with E-state index in [2.05, 4.69) is 10.2 Å². The molecule has 0 radical (unpaired) electrons. The maximum Gasteiger partial charge on any atom is 0.359 e. The number of benzene rings is 1. The average molecular weight is 266 g/mol. The zero-order chi connectivity index (χ0) is 12.8. The zero-order valence-corrected chi connectivity index (χ0v) is 10.1. The highest BCUT2D eigenvalue weighted by Gasteiger charge is 2.28. The van der Waals surface area contributed by atoms with Crippen molar-refractivity contribution in [3.05, 3.63) is 41.8 Å². The fourth-order valence-electron chi connectivity index (χ4n) is 1.99. The first-order valence-electron chi connectivity index (χ1n) is 5.25. The van der Waals surface area contributed by atoms with Gasteiger partial charge in [-0.2, -0.15) is 13.5 Å². The van der Waals surface area contributed by atoms with E-state index in [4.69, 9.17) is 0 Å². The first kappa shape index (κ1) is 11.2. The maximum atomic E-state index is 11.3. The molecule has 0 amide bonds. The van der Waals surface area contributed by atoms with Crippen LogP contribution in [0.25, 0.3) is 0 Å². The first-order valence-corrected chi connectivity index (χ1v) is 6.64. The molecule has 0 aromatic heterocycles. The van der Waals surface area contributed by atoms with Gasteiger partial charge in [0.25, 0.3) is 0 Å². The molecule has 0 saturated carbocycles. The van der Waals surface area contributed by atoms with Crippen LogP contribution in [-0.2, 0) is 16.8 Å². The Morgan fingerprint density at radius 3 is 2.83 bits per heavy atom. The van der Waals surface area contributed by atoms with Gasteiger partial charge in [0, 0.05) is 5.69 Å². The molecule has 2 aliphatic heterocycles. The minimum atomic E-state index is -4.30. The Hall–Kier alpha value is -1.93. The van der Waals surface area contributed by atoms with E-state index in [1.54, 1.807) is 4.90 Å². The van der Waals surface area contributed by atoms with Crippen LogP contribution in [0.15, 0.2) is 46.5 Å². The van der Waals surface area contributed by atoms with Crippen LogP contribution in [-0.4, -0.2) is 23.9 Å². The van der Waals surface area contributed by atoms with Gasteiger partial charge in [0.05, 0.1) is 12.7 Å². The molecule has 2 aliphatic rings. The second-order valence-corrected chi connectivity index (χ2v) is 5.31. The van der Waals surface area contributed by atoms with E-state index in [1.165, 1.54) is 6.20 Å². The van der Waals surface area contributed by atoms with E-state index in [0.717, 1.165) is 15.6 Å². The van der Waals surface area contributed by atoms with Gasteiger partial charge in [-0.05, 0) is 11.6 Å². The van der Waals surface area contributed by atoms with Gasteiger partial charge in [0.2, 0.25) is 0 Å². The van der Waals surface area contributed by atoms with Gasteiger partial charge in [-0.3, -0.25) is 4.55 Å². The van der Waals surface area contributed by atoms with Gasteiger partial charge in [0.15, 0.2) is 5.82 Å². The largest absolute Gasteiger partial charge is 0.359 e. The molecule has 7 nitrogen and oxygen atoms in total. The van der Waals surface area contributed by atoms with Crippen LogP contribution < -0.4 is 4.90 Å². The van der Waals surface area contributed by atoms with Gasteiger partial charge < -0.3 is 4.90 Å². The Balaban J connectivity index is 2.16. The summed E-state index contributed by atoms with van der Waals surface area (Å²) in [5.74, 6) is 0.401. The molecule has 0 fully saturated rings. The summed E-state index contributed by atoms with van der Waals surface area (Å²) in [5.41, 5.74) is 1.63. The normalized spacial score (nSPS) is 18.2. The third-order valence-corrected chi connectivity index (χ3v) is 3.65. The van der Waals surface area contributed by atoms with Crippen molar-refractivity contribution in [2.24, 2.45) is 10.2 Å². The lowest BCUT2D eigenvalue weighted by atomic mass is 10.1. The molecule has 94 valence electrons.